The van der Waals surface area contributed by atoms with Crippen molar-refractivity contribution in [2.75, 3.05) is 0 Å². The van der Waals surface area contributed by atoms with Crippen LogP contribution in [0.3, 0.4) is 0 Å². The maximum absolute atomic E-state index is 12.3. The zero-order valence-corrected chi connectivity index (χ0v) is 14.2. The van der Waals surface area contributed by atoms with Crippen LogP contribution in [-0.2, 0) is 9.59 Å². The molecule has 10 heteroatoms. The molecule has 1 aromatic heterocycles. The topological polar surface area (TPSA) is 159 Å². The number of carbonyl (C=O) groups is 3. The van der Waals surface area contributed by atoms with Crippen molar-refractivity contribution in [3.05, 3.63) is 51.9 Å². The van der Waals surface area contributed by atoms with Crippen molar-refractivity contribution in [1.29, 1.82) is 0 Å². The summed E-state index contributed by atoms with van der Waals surface area (Å²) in [6.07, 6.45) is -0.825. The van der Waals surface area contributed by atoms with E-state index in [0.29, 0.717) is 5.69 Å². The molecule has 0 radical (unpaired) electrons. The van der Waals surface area contributed by atoms with Crippen molar-refractivity contribution in [1.82, 2.24) is 15.1 Å². The van der Waals surface area contributed by atoms with E-state index < -0.39 is 47.3 Å². The van der Waals surface area contributed by atoms with Crippen LogP contribution in [0.2, 0.25) is 0 Å². The van der Waals surface area contributed by atoms with Gasteiger partial charge in [-0.2, -0.15) is 9.78 Å². The normalized spacial score (nSPS) is 11.6. The summed E-state index contributed by atoms with van der Waals surface area (Å²) in [6, 6.07) is 5.99. The van der Waals surface area contributed by atoms with E-state index in [9.17, 15) is 24.3 Å². The highest BCUT2D eigenvalue weighted by Gasteiger charge is 2.25. The molecule has 0 bridgehead atoms. The summed E-state index contributed by atoms with van der Waals surface area (Å²) >= 11 is 0. The van der Waals surface area contributed by atoms with Gasteiger partial charge in [-0.05, 0) is 31.0 Å². The van der Waals surface area contributed by atoms with Gasteiger partial charge in [0.2, 0.25) is 0 Å². The Hall–Kier alpha value is -3.69. The average molecular weight is 375 g/mol. The lowest BCUT2D eigenvalue weighted by molar-refractivity contribution is -0.140. The van der Waals surface area contributed by atoms with Crippen molar-refractivity contribution < 1.29 is 29.7 Å². The molecule has 27 heavy (non-hydrogen) atoms. The highest BCUT2D eigenvalue weighted by Crippen LogP contribution is 2.14. The highest BCUT2D eigenvalue weighted by molar-refractivity contribution is 5.97. The highest BCUT2D eigenvalue weighted by atomic mass is 16.4. The molecule has 1 aromatic carbocycles. The molecule has 0 spiro atoms. The van der Waals surface area contributed by atoms with Gasteiger partial charge >= 0.3 is 11.9 Å². The molecule has 0 aliphatic carbocycles. The SMILES string of the molecule is Cc1cccc(-n2nc(C(=O)NC(CCC(=O)O)C(=O)O)c(O)cc2=O)c1. The molecule has 10 nitrogen and oxygen atoms in total. The van der Waals surface area contributed by atoms with Gasteiger partial charge in [-0.25, -0.2) is 4.79 Å². The van der Waals surface area contributed by atoms with Gasteiger partial charge in [-0.1, -0.05) is 12.1 Å². The predicted octanol–water partition coefficient (Wildman–Crippen LogP) is 0.294. The first-order valence-corrected chi connectivity index (χ1v) is 7.85. The summed E-state index contributed by atoms with van der Waals surface area (Å²) in [5, 5.41) is 33.6. The largest absolute Gasteiger partial charge is 0.505 e. The van der Waals surface area contributed by atoms with E-state index in [1.165, 1.54) is 0 Å². The van der Waals surface area contributed by atoms with E-state index in [-0.39, 0.29) is 6.42 Å². The number of carboxylic acids is 2. The minimum absolute atomic E-state index is 0.352. The molecule has 1 amide bonds. The number of hydrogen-bond acceptors (Lipinski definition) is 6. The van der Waals surface area contributed by atoms with Gasteiger partial charge in [-0.15, -0.1) is 0 Å². The van der Waals surface area contributed by atoms with Crippen LogP contribution in [0.25, 0.3) is 5.69 Å². The number of rotatable bonds is 7. The molecule has 0 saturated heterocycles. The Labute approximate surface area is 152 Å². The summed E-state index contributed by atoms with van der Waals surface area (Å²) in [7, 11) is 0. The summed E-state index contributed by atoms with van der Waals surface area (Å²) in [4.78, 5) is 46.2. The van der Waals surface area contributed by atoms with Gasteiger partial charge < -0.3 is 20.6 Å². The van der Waals surface area contributed by atoms with Gasteiger partial charge in [0.05, 0.1) is 5.69 Å². The smallest absolute Gasteiger partial charge is 0.326 e. The van der Waals surface area contributed by atoms with E-state index in [1.807, 2.05) is 0 Å². The fourth-order valence-electron chi connectivity index (χ4n) is 2.31. The van der Waals surface area contributed by atoms with E-state index in [2.05, 4.69) is 10.4 Å². The molecule has 0 aliphatic heterocycles. The molecular formula is C17H17N3O7. The van der Waals surface area contributed by atoms with Gasteiger partial charge in [-0.3, -0.25) is 14.4 Å². The number of carboxylic acid groups (broad SMARTS) is 2. The Morgan fingerprint density at radius 3 is 2.52 bits per heavy atom. The van der Waals surface area contributed by atoms with Crippen molar-refractivity contribution in [2.24, 2.45) is 0 Å². The third kappa shape index (κ3) is 4.91. The van der Waals surface area contributed by atoms with Crippen molar-refractivity contribution in [3.8, 4) is 11.4 Å². The third-order valence-electron chi connectivity index (χ3n) is 3.62. The van der Waals surface area contributed by atoms with Crippen molar-refractivity contribution in [3.63, 3.8) is 0 Å². The molecule has 1 heterocycles. The van der Waals surface area contributed by atoms with E-state index in [4.69, 9.17) is 10.2 Å². The van der Waals surface area contributed by atoms with E-state index in [0.717, 1.165) is 16.3 Å². The Morgan fingerprint density at radius 2 is 1.93 bits per heavy atom. The second-order valence-corrected chi connectivity index (χ2v) is 5.76. The second kappa shape index (κ2) is 8.13. The lowest BCUT2D eigenvalue weighted by atomic mass is 10.1. The van der Waals surface area contributed by atoms with Crippen LogP contribution in [0.1, 0.15) is 28.9 Å². The van der Waals surface area contributed by atoms with Crippen LogP contribution in [0.5, 0.6) is 5.75 Å². The first kappa shape index (κ1) is 19.6. The first-order valence-electron chi connectivity index (χ1n) is 7.85. The quantitative estimate of drug-likeness (QED) is 0.537. The molecule has 0 fully saturated rings. The van der Waals surface area contributed by atoms with Crippen LogP contribution >= 0.6 is 0 Å². The van der Waals surface area contributed by atoms with E-state index >= 15 is 0 Å². The van der Waals surface area contributed by atoms with Crippen LogP contribution < -0.4 is 10.9 Å². The van der Waals surface area contributed by atoms with Crippen LogP contribution in [0, 0.1) is 6.92 Å². The van der Waals surface area contributed by atoms with Crippen LogP contribution in [0.4, 0.5) is 0 Å². The number of aromatic hydroxyl groups is 1. The molecule has 2 rings (SSSR count). The number of benzene rings is 1. The Morgan fingerprint density at radius 1 is 1.22 bits per heavy atom. The molecule has 1 unspecified atom stereocenters. The lowest BCUT2D eigenvalue weighted by Gasteiger charge is -2.14. The minimum Gasteiger partial charge on any atom is -0.505 e. The zero-order valence-electron chi connectivity index (χ0n) is 14.2. The molecule has 0 saturated carbocycles. The summed E-state index contributed by atoms with van der Waals surface area (Å²) in [5.74, 6) is -4.42. The standard InChI is InChI=1S/C17H17N3O7/c1-9-3-2-4-10(7-9)20-13(22)8-12(21)15(19-20)16(25)18-11(17(26)27)5-6-14(23)24/h2-4,7-8,11,21H,5-6H2,1H3,(H,18,25)(H,23,24)(H,26,27). The number of aromatic nitrogens is 2. The van der Waals surface area contributed by atoms with E-state index in [1.54, 1.807) is 31.2 Å². The molecule has 142 valence electrons. The molecule has 2 aromatic rings. The number of aryl methyl sites for hydroxylation is 1. The van der Waals surface area contributed by atoms with Crippen LogP contribution in [-0.4, -0.2) is 49.0 Å². The Bertz CT molecular complexity index is 952. The zero-order chi connectivity index (χ0) is 20.1. The number of carbonyl (C=O) groups excluding carboxylic acids is 1. The molecular weight excluding hydrogens is 358 g/mol. The summed E-state index contributed by atoms with van der Waals surface area (Å²) < 4.78 is 0.897. The summed E-state index contributed by atoms with van der Waals surface area (Å²) in [5.41, 5.74) is -0.0532. The molecule has 0 aliphatic rings. The number of nitrogens with one attached hydrogen (secondary N) is 1. The maximum Gasteiger partial charge on any atom is 0.326 e. The molecule has 1 atom stereocenters. The van der Waals surface area contributed by atoms with Gasteiger partial charge in [0.25, 0.3) is 11.5 Å². The summed E-state index contributed by atoms with van der Waals surface area (Å²) in [6.45, 7) is 1.79. The average Bonchev–Trinajstić information content (AvgIpc) is 2.58. The maximum atomic E-state index is 12.3. The second-order valence-electron chi connectivity index (χ2n) is 5.76. The fraction of sp³-hybridized carbons (Fsp3) is 0.235. The monoisotopic (exact) mass is 375 g/mol. The lowest BCUT2D eigenvalue weighted by Crippen LogP contribution is -2.42. The number of amides is 1. The Kier molecular flexibility index (Phi) is 5.91. The molecule has 4 N–H and O–H groups in total. The third-order valence-corrected chi connectivity index (χ3v) is 3.62. The van der Waals surface area contributed by atoms with Crippen molar-refractivity contribution >= 4 is 17.8 Å². The number of hydrogen-bond donors (Lipinski definition) is 4. The van der Waals surface area contributed by atoms with Gasteiger partial charge in [0, 0.05) is 12.5 Å². The van der Waals surface area contributed by atoms with Gasteiger partial charge in [0.1, 0.15) is 6.04 Å². The predicted molar refractivity (Wildman–Crippen MR) is 92.0 cm³/mol. The van der Waals surface area contributed by atoms with Gasteiger partial charge in [0.15, 0.2) is 11.4 Å². The fourth-order valence-corrected chi connectivity index (χ4v) is 2.31. The van der Waals surface area contributed by atoms with Crippen molar-refractivity contribution in [2.45, 2.75) is 25.8 Å². The Balaban J connectivity index is 2.35. The van der Waals surface area contributed by atoms with Crippen LogP contribution in [0.15, 0.2) is 35.1 Å². The minimum atomic E-state index is -1.49. The number of aliphatic carboxylic acids is 2. The number of nitrogens with zero attached hydrogens (tertiary/aromatic N) is 2. The first-order chi connectivity index (χ1) is 12.7.